The first-order chi connectivity index (χ1) is 25.3. The number of hydrogen-bond donors (Lipinski definition) is 3. The number of allylic oxidation sites excluding steroid dienone is 1. The molecular weight excluding hydrogens is 811 g/mol. The average Bonchev–Trinajstić information content (AvgIpc) is 3.52. The first-order valence-electron chi connectivity index (χ1n) is 15.8. The van der Waals surface area contributed by atoms with Crippen molar-refractivity contribution in [3.05, 3.63) is 145 Å². The van der Waals surface area contributed by atoms with E-state index in [2.05, 4.69) is 27.5 Å². The lowest BCUT2D eigenvalue weighted by molar-refractivity contribution is -0.120. The molecule has 2 amide bonds. The molecule has 0 bridgehead atoms. The van der Waals surface area contributed by atoms with Gasteiger partial charge in [-0.15, -0.1) is 0 Å². The molecule has 1 heterocycles. The van der Waals surface area contributed by atoms with Gasteiger partial charge in [0.2, 0.25) is 11.8 Å². The predicted octanol–water partition coefficient (Wildman–Crippen LogP) is 10.9. The molecule has 0 fully saturated rings. The molecular formula is C38H34Cl5F3N4O4. The minimum Gasteiger partial charge on any atom is -0.410 e. The summed E-state index contributed by atoms with van der Waals surface area (Å²) in [5.74, 6) is -0.123. The van der Waals surface area contributed by atoms with Crippen LogP contribution in [-0.2, 0) is 33.1 Å². The van der Waals surface area contributed by atoms with E-state index in [1.165, 1.54) is 32.0 Å². The van der Waals surface area contributed by atoms with Crippen molar-refractivity contribution in [2.75, 3.05) is 0 Å². The molecule has 286 valence electrons. The van der Waals surface area contributed by atoms with Crippen molar-refractivity contribution in [2.45, 2.75) is 52.1 Å². The minimum atomic E-state index is -4.46. The molecule has 0 spiro atoms. The number of nitrogens with zero attached hydrogens (tertiary/aromatic N) is 2. The zero-order valence-electron chi connectivity index (χ0n) is 29.0. The van der Waals surface area contributed by atoms with E-state index in [1.807, 2.05) is 43.3 Å². The van der Waals surface area contributed by atoms with Crippen LogP contribution in [0.2, 0.25) is 20.1 Å². The molecule has 4 aromatic carbocycles. The molecule has 16 heteroatoms. The summed E-state index contributed by atoms with van der Waals surface area (Å²) in [7, 11) is 0. The van der Waals surface area contributed by atoms with Gasteiger partial charge in [0.15, 0.2) is 10.8 Å². The molecule has 54 heavy (non-hydrogen) atoms. The molecule has 0 saturated heterocycles. The lowest BCUT2D eigenvalue weighted by Gasteiger charge is -2.22. The Morgan fingerprint density at radius 1 is 0.815 bits per heavy atom. The first-order valence-corrected chi connectivity index (χ1v) is 17.7. The van der Waals surface area contributed by atoms with E-state index in [4.69, 9.17) is 68.0 Å². The van der Waals surface area contributed by atoms with E-state index in [9.17, 15) is 22.8 Å². The number of nitrogens with one attached hydrogen (secondary N) is 2. The Morgan fingerprint density at radius 3 is 1.69 bits per heavy atom. The van der Waals surface area contributed by atoms with Gasteiger partial charge in [0.05, 0.1) is 11.3 Å². The Morgan fingerprint density at radius 2 is 1.26 bits per heavy atom. The van der Waals surface area contributed by atoms with Gasteiger partial charge >= 0.3 is 6.18 Å². The lowest BCUT2D eigenvalue weighted by atomic mass is 9.89. The zero-order valence-corrected chi connectivity index (χ0v) is 32.8. The summed E-state index contributed by atoms with van der Waals surface area (Å²) in [5.41, 5.74) is 3.69. The second kappa shape index (κ2) is 19.9. The van der Waals surface area contributed by atoms with Crippen molar-refractivity contribution >= 4 is 86.3 Å². The van der Waals surface area contributed by atoms with Crippen LogP contribution in [-0.4, -0.2) is 34.1 Å². The van der Waals surface area contributed by atoms with Gasteiger partial charge in [-0.1, -0.05) is 123 Å². The fourth-order valence-electron chi connectivity index (χ4n) is 4.69. The fourth-order valence-corrected chi connectivity index (χ4v) is 5.86. The number of carbonyl (C=O) groups is 2. The molecule has 1 unspecified atom stereocenters. The maximum absolute atomic E-state index is 12.2. The fraction of sp³-hybridized carbons (Fsp3) is 0.211. The number of alkyl halides is 3. The summed E-state index contributed by atoms with van der Waals surface area (Å²) in [6.07, 6.45) is -3.84. The minimum absolute atomic E-state index is 0.0427. The number of benzene rings is 4. The summed E-state index contributed by atoms with van der Waals surface area (Å²) in [6.45, 7) is 8.86. The highest BCUT2D eigenvalue weighted by Crippen LogP contribution is 2.38. The third kappa shape index (κ3) is 13.9. The predicted molar refractivity (Wildman–Crippen MR) is 210 cm³/mol. The molecule has 3 N–H and O–H groups in total. The third-order valence-corrected chi connectivity index (χ3v) is 8.71. The number of amides is 2. The lowest BCUT2D eigenvalue weighted by Crippen LogP contribution is -2.22. The van der Waals surface area contributed by atoms with E-state index in [0.29, 0.717) is 35.1 Å². The second-order valence-corrected chi connectivity index (χ2v) is 14.0. The van der Waals surface area contributed by atoms with Crippen LogP contribution in [0.15, 0.2) is 102 Å². The first kappa shape index (κ1) is 44.1. The van der Waals surface area contributed by atoms with E-state index < -0.39 is 17.4 Å². The van der Waals surface area contributed by atoms with Gasteiger partial charge in [0.25, 0.3) is 0 Å². The molecule has 5 rings (SSSR count). The summed E-state index contributed by atoms with van der Waals surface area (Å²) in [6, 6.07) is 24.1. The van der Waals surface area contributed by atoms with Gasteiger partial charge in [-0.2, -0.15) is 13.2 Å². The Kier molecular flexibility index (Phi) is 16.3. The van der Waals surface area contributed by atoms with Crippen LogP contribution in [0.3, 0.4) is 0 Å². The Labute approximate surface area is 335 Å². The van der Waals surface area contributed by atoms with Gasteiger partial charge < -0.3 is 20.7 Å². The smallest absolute Gasteiger partial charge is 0.410 e. The van der Waals surface area contributed by atoms with Crippen molar-refractivity contribution in [2.24, 2.45) is 10.3 Å². The van der Waals surface area contributed by atoms with Gasteiger partial charge in [-0.3, -0.25) is 9.59 Å². The molecule has 0 aliphatic carbocycles. The van der Waals surface area contributed by atoms with E-state index in [1.54, 1.807) is 30.3 Å². The Balaban J connectivity index is 0.000000233. The Bertz CT molecular complexity index is 1980. The van der Waals surface area contributed by atoms with E-state index in [-0.39, 0.29) is 32.6 Å². The summed E-state index contributed by atoms with van der Waals surface area (Å²) in [4.78, 5) is 27.4. The summed E-state index contributed by atoms with van der Waals surface area (Å²) < 4.78 is 36.6. The molecule has 1 atom stereocenters. The van der Waals surface area contributed by atoms with Gasteiger partial charge in [-0.25, -0.2) is 0 Å². The molecule has 0 radical (unpaired) electrons. The molecule has 8 nitrogen and oxygen atoms in total. The van der Waals surface area contributed by atoms with Crippen LogP contribution >= 0.6 is 58.0 Å². The number of carbonyl (C=O) groups excluding carboxylic acids is 2. The summed E-state index contributed by atoms with van der Waals surface area (Å²) in [5, 5.41) is 22.5. The van der Waals surface area contributed by atoms with Gasteiger partial charge in [0, 0.05) is 64.6 Å². The maximum atomic E-state index is 12.2. The molecule has 4 aromatic rings. The number of oxime groups is 2. The highest BCUT2D eigenvalue weighted by atomic mass is 35.5. The molecule has 1 aliphatic rings. The normalized spacial score (nSPS) is 15.0. The van der Waals surface area contributed by atoms with Crippen molar-refractivity contribution < 1.29 is 32.8 Å². The van der Waals surface area contributed by atoms with Crippen LogP contribution in [0.1, 0.15) is 60.6 Å². The SMILES string of the molecule is C=C(c1cc(Cl)cc(Cl)c1)C(F)(F)F.CC(=O)NCc1ccc(/C(Cl)=N/O)cc1.CC(=O)NCc1ccc(C2=NOC(C)(c3cc(Cl)cc(Cl)c3)C2)cc1. The standard InChI is InChI=1S/C19H18Cl2N2O2.C10H11ClN2O2.C9H5Cl2F3/c1-12(24)22-11-13-3-5-14(6-4-13)18-10-19(2,25-23-18)15-7-16(20)9-17(21)8-15;1-7(14)12-6-8-2-4-9(5-3-8)10(11)13-15;1-5(9(12,13)14)6-2-7(10)4-8(11)3-6/h3-9H,10-11H2,1-2H3,(H,22,24);2-5,15H,6H2,1H3,(H,12,14);2-4H,1H2/b;13-10-;. The topological polar surface area (TPSA) is 112 Å². The zero-order chi connectivity index (χ0) is 40.2. The van der Waals surface area contributed by atoms with Crippen LogP contribution in [0.25, 0.3) is 5.57 Å². The number of halogens is 8. The van der Waals surface area contributed by atoms with Crippen LogP contribution < -0.4 is 10.6 Å². The van der Waals surface area contributed by atoms with Crippen molar-refractivity contribution in [1.29, 1.82) is 0 Å². The van der Waals surface area contributed by atoms with Gasteiger partial charge in [-0.05, 0) is 65.6 Å². The largest absolute Gasteiger partial charge is 0.416 e. The molecule has 0 saturated carbocycles. The monoisotopic (exact) mass is 842 g/mol. The van der Waals surface area contributed by atoms with Gasteiger partial charge in [0.1, 0.15) is 0 Å². The Hall–Kier alpha value is -4.26. The maximum Gasteiger partial charge on any atom is 0.416 e. The molecule has 0 aromatic heterocycles. The van der Waals surface area contributed by atoms with Crippen LogP contribution in [0.4, 0.5) is 13.2 Å². The van der Waals surface area contributed by atoms with Crippen LogP contribution in [0.5, 0.6) is 0 Å². The average molecular weight is 845 g/mol. The third-order valence-electron chi connectivity index (χ3n) is 7.54. The highest BCUT2D eigenvalue weighted by molar-refractivity contribution is 6.69. The van der Waals surface area contributed by atoms with E-state index in [0.717, 1.165) is 28.0 Å². The number of hydrogen-bond acceptors (Lipinski definition) is 6. The van der Waals surface area contributed by atoms with Crippen molar-refractivity contribution in [3.63, 3.8) is 0 Å². The van der Waals surface area contributed by atoms with Crippen molar-refractivity contribution in [3.8, 4) is 0 Å². The summed E-state index contributed by atoms with van der Waals surface area (Å²) >= 11 is 28.9. The second-order valence-electron chi connectivity index (χ2n) is 11.9. The quantitative estimate of drug-likeness (QED) is 0.0931. The van der Waals surface area contributed by atoms with Crippen LogP contribution in [0, 0.1) is 0 Å². The van der Waals surface area contributed by atoms with Crippen molar-refractivity contribution in [1.82, 2.24) is 10.6 Å². The highest BCUT2D eigenvalue weighted by Gasteiger charge is 2.37. The molecule has 1 aliphatic heterocycles. The number of rotatable bonds is 8. The van der Waals surface area contributed by atoms with E-state index >= 15 is 0 Å².